The lowest BCUT2D eigenvalue weighted by Crippen LogP contribution is -2.46. The lowest BCUT2D eigenvalue weighted by Gasteiger charge is -2.41. The normalized spacial score (nSPS) is 21.2. The summed E-state index contributed by atoms with van der Waals surface area (Å²) < 4.78 is 5.96. The van der Waals surface area contributed by atoms with Gasteiger partial charge in [-0.1, -0.05) is 48.5 Å². The molecule has 2 aliphatic rings. The first-order valence-corrected chi connectivity index (χ1v) is 9.93. The highest BCUT2D eigenvalue weighted by molar-refractivity contribution is 5.96. The van der Waals surface area contributed by atoms with Gasteiger partial charge in [0.2, 0.25) is 0 Å². The summed E-state index contributed by atoms with van der Waals surface area (Å²) in [5, 5.41) is 3.41. The Labute approximate surface area is 173 Å². The molecular formula is C23H29ClN2O2. The topological polar surface area (TPSA) is 41.6 Å². The van der Waals surface area contributed by atoms with Crippen LogP contribution >= 0.6 is 12.4 Å². The van der Waals surface area contributed by atoms with E-state index in [1.165, 1.54) is 11.1 Å². The standard InChI is InChI=1S/C23H28N2O2.ClH/c1-27-23(19-7-3-2-4-8-19)12-15-25(16-13-23)22(26)21-10-6-5-9-20(21)18-11-14-24-17-18;/h2-10,18,24H,11-17H2,1H3;1H. The molecule has 5 heteroatoms. The summed E-state index contributed by atoms with van der Waals surface area (Å²) in [5.41, 5.74) is 2.99. The molecule has 4 nitrogen and oxygen atoms in total. The van der Waals surface area contributed by atoms with E-state index in [1.54, 1.807) is 7.11 Å². The number of piperidine rings is 1. The average molecular weight is 401 g/mol. The van der Waals surface area contributed by atoms with Crippen molar-refractivity contribution in [3.05, 3.63) is 71.3 Å². The maximum Gasteiger partial charge on any atom is 0.254 e. The minimum atomic E-state index is -0.285. The van der Waals surface area contributed by atoms with E-state index in [-0.39, 0.29) is 23.9 Å². The molecule has 2 saturated heterocycles. The molecule has 0 bridgehead atoms. The number of likely N-dealkylation sites (tertiary alicyclic amines) is 1. The molecule has 28 heavy (non-hydrogen) atoms. The van der Waals surface area contributed by atoms with Crippen LogP contribution in [-0.4, -0.2) is 44.1 Å². The van der Waals surface area contributed by atoms with E-state index >= 15 is 0 Å². The Balaban J connectivity index is 0.00000225. The van der Waals surface area contributed by atoms with Gasteiger partial charge in [-0.3, -0.25) is 4.79 Å². The number of carbonyl (C=O) groups is 1. The third kappa shape index (κ3) is 3.95. The molecule has 150 valence electrons. The average Bonchev–Trinajstić information content (AvgIpc) is 3.29. The van der Waals surface area contributed by atoms with Crippen molar-refractivity contribution in [3.63, 3.8) is 0 Å². The van der Waals surface area contributed by atoms with Crippen LogP contribution in [0.15, 0.2) is 54.6 Å². The molecule has 0 spiro atoms. The van der Waals surface area contributed by atoms with Crippen LogP contribution in [0.2, 0.25) is 0 Å². The van der Waals surface area contributed by atoms with Crippen LogP contribution in [-0.2, 0) is 10.3 Å². The number of ether oxygens (including phenoxy) is 1. The maximum atomic E-state index is 13.3. The minimum Gasteiger partial charge on any atom is -0.373 e. The fourth-order valence-corrected chi connectivity index (χ4v) is 4.56. The number of amides is 1. The lowest BCUT2D eigenvalue weighted by molar-refractivity contribution is -0.0574. The van der Waals surface area contributed by atoms with Crippen molar-refractivity contribution in [1.29, 1.82) is 0 Å². The highest BCUT2D eigenvalue weighted by Gasteiger charge is 2.38. The van der Waals surface area contributed by atoms with Crippen molar-refractivity contribution >= 4 is 18.3 Å². The predicted molar refractivity (Wildman–Crippen MR) is 114 cm³/mol. The Morgan fingerprint density at radius 1 is 1.07 bits per heavy atom. The molecule has 2 aromatic rings. The largest absolute Gasteiger partial charge is 0.373 e. The Morgan fingerprint density at radius 3 is 2.39 bits per heavy atom. The van der Waals surface area contributed by atoms with Gasteiger partial charge < -0.3 is 15.0 Å². The highest BCUT2D eigenvalue weighted by Crippen LogP contribution is 2.37. The molecule has 2 aliphatic heterocycles. The quantitative estimate of drug-likeness (QED) is 0.844. The zero-order valence-electron chi connectivity index (χ0n) is 16.4. The smallest absolute Gasteiger partial charge is 0.254 e. The van der Waals surface area contributed by atoms with Crippen molar-refractivity contribution < 1.29 is 9.53 Å². The minimum absolute atomic E-state index is 0. The first kappa shape index (κ1) is 20.8. The van der Waals surface area contributed by atoms with Crippen molar-refractivity contribution in [2.45, 2.75) is 30.8 Å². The van der Waals surface area contributed by atoms with Gasteiger partial charge in [0.15, 0.2) is 0 Å². The number of carbonyl (C=O) groups excluding carboxylic acids is 1. The van der Waals surface area contributed by atoms with Crippen molar-refractivity contribution in [1.82, 2.24) is 10.2 Å². The van der Waals surface area contributed by atoms with Crippen LogP contribution in [0.5, 0.6) is 0 Å². The van der Waals surface area contributed by atoms with Gasteiger partial charge in [-0.25, -0.2) is 0 Å². The highest BCUT2D eigenvalue weighted by atomic mass is 35.5. The lowest BCUT2D eigenvalue weighted by atomic mass is 9.83. The first-order chi connectivity index (χ1) is 13.2. The summed E-state index contributed by atoms with van der Waals surface area (Å²) in [6, 6.07) is 18.5. The van der Waals surface area contributed by atoms with E-state index in [9.17, 15) is 4.79 Å². The summed E-state index contributed by atoms with van der Waals surface area (Å²) in [6.07, 6.45) is 2.75. The molecule has 0 aromatic heterocycles. The summed E-state index contributed by atoms with van der Waals surface area (Å²) in [4.78, 5) is 15.3. The number of nitrogens with zero attached hydrogens (tertiary/aromatic N) is 1. The molecule has 0 radical (unpaired) electrons. The summed E-state index contributed by atoms with van der Waals surface area (Å²) in [5.74, 6) is 0.604. The van der Waals surface area contributed by atoms with Gasteiger partial charge in [-0.15, -0.1) is 12.4 Å². The molecular weight excluding hydrogens is 372 g/mol. The number of benzene rings is 2. The molecule has 0 saturated carbocycles. The van der Waals surface area contributed by atoms with Gasteiger partial charge in [0.1, 0.15) is 0 Å². The molecule has 0 aliphatic carbocycles. The summed E-state index contributed by atoms with van der Waals surface area (Å²) in [7, 11) is 1.78. The van der Waals surface area contributed by atoms with Crippen LogP contribution in [0.25, 0.3) is 0 Å². The van der Waals surface area contributed by atoms with Gasteiger partial charge in [0, 0.05) is 32.3 Å². The zero-order valence-corrected chi connectivity index (χ0v) is 17.2. The van der Waals surface area contributed by atoms with Crippen LogP contribution in [0.3, 0.4) is 0 Å². The van der Waals surface area contributed by atoms with Crippen LogP contribution in [0, 0.1) is 0 Å². The van der Waals surface area contributed by atoms with Crippen molar-refractivity contribution in [2.75, 3.05) is 33.3 Å². The van der Waals surface area contributed by atoms with E-state index in [4.69, 9.17) is 4.74 Å². The molecule has 2 aromatic carbocycles. The van der Waals surface area contributed by atoms with Crippen LogP contribution in [0.1, 0.15) is 46.7 Å². The van der Waals surface area contributed by atoms with E-state index in [2.05, 4.69) is 35.6 Å². The number of nitrogens with one attached hydrogen (secondary N) is 1. The number of methoxy groups -OCH3 is 1. The second-order valence-electron chi connectivity index (χ2n) is 7.63. The molecule has 2 fully saturated rings. The molecule has 1 atom stereocenters. The molecule has 4 rings (SSSR count). The van der Waals surface area contributed by atoms with Gasteiger partial charge in [0.05, 0.1) is 5.60 Å². The third-order valence-electron chi connectivity index (χ3n) is 6.24. The van der Waals surface area contributed by atoms with E-state index in [0.717, 1.165) is 51.0 Å². The van der Waals surface area contributed by atoms with Crippen LogP contribution < -0.4 is 5.32 Å². The van der Waals surface area contributed by atoms with Gasteiger partial charge in [0.25, 0.3) is 5.91 Å². The van der Waals surface area contributed by atoms with Gasteiger partial charge in [-0.05, 0) is 48.9 Å². The van der Waals surface area contributed by atoms with Crippen LogP contribution in [0.4, 0.5) is 0 Å². The number of rotatable bonds is 4. The SMILES string of the molecule is COC1(c2ccccc2)CCN(C(=O)c2ccccc2C2CCNC2)CC1.Cl. The second kappa shape index (κ2) is 9.08. The predicted octanol–water partition coefficient (Wildman–Crippen LogP) is 3.96. The number of halogens is 1. The fourth-order valence-electron chi connectivity index (χ4n) is 4.56. The number of hydrogen-bond donors (Lipinski definition) is 1. The van der Waals surface area contributed by atoms with E-state index < -0.39 is 0 Å². The summed E-state index contributed by atoms with van der Waals surface area (Å²) >= 11 is 0. The van der Waals surface area contributed by atoms with Gasteiger partial charge >= 0.3 is 0 Å². The monoisotopic (exact) mass is 400 g/mol. The molecule has 1 amide bonds. The molecule has 2 heterocycles. The Hall–Kier alpha value is -1.88. The van der Waals surface area contributed by atoms with Gasteiger partial charge in [-0.2, -0.15) is 0 Å². The Bertz CT molecular complexity index is 782. The maximum absolute atomic E-state index is 13.3. The zero-order chi connectivity index (χ0) is 18.7. The first-order valence-electron chi connectivity index (χ1n) is 9.93. The van der Waals surface area contributed by atoms with Crippen molar-refractivity contribution in [3.8, 4) is 0 Å². The number of hydrogen-bond acceptors (Lipinski definition) is 3. The Kier molecular flexibility index (Phi) is 6.76. The molecule has 1 unspecified atom stereocenters. The second-order valence-corrected chi connectivity index (χ2v) is 7.63. The van der Waals surface area contributed by atoms with E-state index in [0.29, 0.717) is 5.92 Å². The Morgan fingerprint density at radius 2 is 1.75 bits per heavy atom. The third-order valence-corrected chi connectivity index (χ3v) is 6.24. The van der Waals surface area contributed by atoms with E-state index in [1.807, 2.05) is 29.2 Å². The summed E-state index contributed by atoms with van der Waals surface area (Å²) in [6.45, 7) is 3.44. The fraction of sp³-hybridized carbons (Fsp3) is 0.435. The van der Waals surface area contributed by atoms with Crippen molar-refractivity contribution in [2.24, 2.45) is 0 Å². The molecule has 1 N–H and O–H groups in total.